The summed E-state index contributed by atoms with van der Waals surface area (Å²) in [6.07, 6.45) is 2.99. The lowest BCUT2D eigenvalue weighted by atomic mass is 9.97. The van der Waals surface area contributed by atoms with Crippen LogP contribution >= 0.6 is 23.4 Å². The monoisotopic (exact) mass is 509 g/mol. The fourth-order valence-corrected chi connectivity index (χ4v) is 5.15. The Bertz CT molecular complexity index is 1300. The number of thioether (sulfide) groups is 1. The van der Waals surface area contributed by atoms with E-state index in [-0.39, 0.29) is 12.4 Å². The molecule has 3 aromatic carbocycles. The smallest absolute Gasteiger partial charge is 0.309 e. The molecule has 0 bridgehead atoms. The van der Waals surface area contributed by atoms with Crippen LogP contribution in [0.4, 0.5) is 0 Å². The molecule has 182 valence electrons. The van der Waals surface area contributed by atoms with Crippen molar-refractivity contribution in [2.75, 3.05) is 19.5 Å². The van der Waals surface area contributed by atoms with E-state index in [1.165, 1.54) is 7.11 Å². The first kappa shape index (κ1) is 25.1. The third kappa shape index (κ3) is 6.19. The van der Waals surface area contributed by atoms with E-state index in [0.29, 0.717) is 11.6 Å². The lowest BCUT2D eigenvalue weighted by Gasteiger charge is -2.14. The van der Waals surface area contributed by atoms with Crippen molar-refractivity contribution >= 4 is 40.3 Å². The van der Waals surface area contributed by atoms with Crippen molar-refractivity contribution in [1.29, 1.82) is 0 Å². The van der Waals surface area contributed by atoms with Crippen molar-refractivity contribution in [3.8, 4) is 17.0 Å². The number of esters is 1. The average Bonchev–Trinajstić information content (AvgIpc) is 3.30. The van der Waals surface area contributed by atoms with Crippen LogP contribution in [0.15, 0.2) is 70.1 Å². The van der Waals surface area contributed by atoms with Gasteiger partial charge in [0.2, 0.25) is 0 Å². The minimum Gasteiger partial charge on any atom is -0.493 e. The van der Waals surface area contributed by atoms with Crippen molar-refractivity contribution < 1.29 is 18.8 Å². The predicted molar refractivity (Wildman–Crippen MR) is 141 cm³/mol. The van der Waals surface area contributed by atoms with E-state index in [1.54, 1.807) is 11.8 Å². The van der Waals surface area contributed by atoms with Gasteiger partial charge in [0.05, 0.1) is 25.2 Å². The van der Waals surface area contributed by atoms with Gasteiger partial charge in [-0.1, -0.05) is 60.4 Å². The van der Waals surface area contributed by atoms with E-state index in [4.69, 9.17) is 25.6 Å². The Balaban J connectivity index is 1.38. The molecule has 0 spiro atoms. The zero-order valence-electron chi connectivity index (χ0n) is 19.9. The second kappa shape index (κ2) is 12.1. The molecule has 0 saturated heterocycles. The number of halogens is 1. The molecule has 0 radical (unpaired) electrons. The molecule has 0 N–H and O–H groups in total. The minimum absolute atomic E-state index is 0.221. The highest BCUT2D eigenvalue weighted by molar-refractivity contribution is 7.99. The number of aromatic nitrogens is 1. The van der Waals surface area contributed by atoms with Crippen molar-refractivity contribution in [3.63, 3.8) is 0 Å². The number of methoxy groups -OCH3 is 1. The molecule has 0 amide bonds. The van der Waals surface area contributed by atoms with Gasteiger partial charge < -0.3 is 14.0 Å². The zero-order chi connectivity index (χ0) is 24.6. The van der Waals surface area contributed by atoms with Gasteiger partial charge in [-0.05, 0) is 48.7 Å². The van der Waals surface area contributed by atoms with Gasteiger partial charge in [0.25, 0.3) is 0 Å². The number of rotatable bonds is 11. The molecule has 0 unspecified atom stereocenters. The van der Waals surface area contributed by atoms with E-state index < -0.39 is 0 Å². The maximum atomic E-state index is 11.5. The summed E-state index contributed by atoms with van der Waals surface area (Å²) in [5.74, 6) is 1.49. The Morgan fingerprint density at radius 3 is 2.77 bits per heavy atom. The van der Waals surface area contributed by atoms with E-state index in [9.17, 15) is 4.79 Å². The molecule has 4 rings (SSSR count). The number of hydrogen-bond acceptors (Lipinski definition) is 6. The largest absolute Gasteiger partial charge is 0.493 e. The molecule has 5 nitrogen and oxygen atoms in total. The van der Waals surface area contributed by atoms with Crippen LogP contribution < -0.4 is 4.74 Å². The van der Waals surface area contributed by atoms with Gasteiger partial charge in [0.1, 0.15) is 11.4 Å². The van der Waals surface area contributed by atoms with Gasteiger partial charge in [-0.2, -0.15) is 0 Å². The number of fused-ring (bicyclic) bond motifs is 1. The molecule has 1 aromatic heterocycles. The third-order valence-corrected chi connectivity index (χ3v) is 7.23. The molecule has 1 heterocycles. The molecular weight excluding hydrogens is 482 g/mol. The summed E-state index contributed by atoms with van der Waals surface area (Å²) >= 11 is 8.09. The van der Waals surface area contributed by atoms with Gasteiger partial charge in [-0.3, -0.25) is 4.79 Å². The highest BCUT2D eigenvalue weighted by Gasteiger charge is 2.16. The van der Waals surface area contributed by atoms with Crippen LogP contribution in [0.2, 0.25) is 5.02 Å². The highest BCUT2D eigenvalue weighted by atomic mass is 35.5. The first-order chi connectivity index (χ1) is 17.1. The lowest BCUT2D eigenvalue weighted by Crippen LogP contribution is -2.04. The third-order valence-electron chi connectivity index (χ3n) is 5.64. The molecule has 35 heavy (non-hydrogen) atoms. The van der Waals surface area contributed by atoms with E-state index in [0.717, 1.165) is 69.0 Å². The summed E-state index contributed by atoms with van der Waals surface area (Å²) in [6.45, 7) is 2.77. The van der Waals surface area contributed by atoms with E-state index in [1.807, 2.05) is 54.6 Å². The molecule has 0 aliphatic rings. The van der Waals surface area contributed by atoms with Crippen LogP contribution in [0, 0.1) is 0 Å². The predicted octanol–water partition coefficient (Wildman–Crippen LogP) is 7.38. The number of para-hydroxylation sites is 1. The number of hydrogen-bond donors (Lipinski definition) is 0. The van der Waals surface area contributed by atoms with Gasteiger partial charge >= 0.3 is 5.97 Å². The second-order valence-electron chi connectivity index (χ2n) is 8.13. The Labute approximate surface area is 214 Å². The molecule has 0 atom stereocenters. The fraction of sp³-hybridized carbons (Fsp3) is 0.286. The van der Waals surface area contributed by atoms with Crippen LogP contribution in [-0.2, 0) is 22.4 Å². The first-order valence-electron chi connectivity index (χ1n) is 11.7. The van der Waals surface area contributed by atoms with Crippen molar-refractivity contribution in [2.24, 2.45) is 0 Å². The standard InChI is InChI=1S/C28H28ClNO4S/c1-3-8-20-21(28-22-9-4-5-11-25(22)34-30-28)10-6-12-24(20)33-15-7-16-35-26-14-13-19(17-23(26)29)18-27(31)32-2/h4-6,9-14,17H,3,7-8,15-16,18H2,1-2H3. The summed E-state index contributed by atoms with van der Waals surface area (Å²) in [7, 11) is 1.38. The van der Waals surface area contributed by atoms with Crippen molar-refractivity contribution in [2.45, 2.75) is 37.5 Å². The molecule has 0 saturated carbocycles. The fourth-order valence-electron chi connectivity index (χ4n) is 3.94. The number of ether oxygens (including phenoxy) is 2. The summed E-state index contributed by atoms with van der Waals surface area (Å²) in [6, 6.07) is 19.7. The second-order valence-corrected chi connectivity index (χ2v) is 9.67. The van der Waals surface area contributed by atoms with Crippen molar-refractivity contribution in [1.82, 2.24) is 5.16 Å². The number of nitrogens with zero attached hydrogens (tertiary/aromatic N) is 1. The van der Waals surface area contributed by atoms with E-state index in [2.05, 4.69) is 18.1 Å². The van der Waals surface area contributed by atoms with Crippen LogP contribution in [0.5, 0.6) is 5.75 Å². The van der Waals surface area contributed by atoms with Crippen molar-refractivity contribution in [3.05, 3.63) is 76.8 Å². The Hall–Kier alpha value is -2.96. The number of carbonyl (C=O) groups excluding carboxylic acids is 1. The molecule has 4 aromatic rings. The normalized spacial score (nSPS) is 11.1. The number of carbonyl (C=O) groups is 1. The Morgan fingerprint density at radius 2 is 1.97 bits per heavy atom. The van der Waals surface area contributed by atoms with Crippen LogP contribution in [0.1, 0.15) is 30.9 Å². The van der Waals surface area contributed by atoms with Gasteiger partial charge in [-0.15, -0.1) is 11.8 Å². The molecule has 7 heteroatoms. The van der Waals surface area contributed by atoms with Gasteiger partial charge in [0.15, 0.2) is 5.58 Å². The quantitative estimate of drug-likeness (QED) is 0.119. The minimum atomic E-state index is -0.276. The zero-order valence-corrected chi connectivity index (χ0v) is 21.5. The summed E-state index contributed by atoms with van der Waals surface area (Å²) in [5, 5.41) is 6.01. The molecule has 0 aliphatic carbocycles. The van der Waals surface area contributed by atoms with Gasteiger partial charge in [0, 0.05) is 27.2 Å². The van der Waals surface area contributed by atoms with Gasteiger partial charge in [-0.25, -0.2) is 0 Å². The maximum absolute atomic E-state index is 11.5. The summed E-state index contributed by atoms with van der Waals surface area (Å²) in [5.41, 5.74) is 4.70. The number of benzene rings is 3. The maximum Gasteiger partial charge on any atom is 0.309 e. The Kier molecular flexibility index (Phi) is 8.72. The summed E-state index contributed by atoms with van der Waals surface area (Å²) < 4.78 is 16.5. The molecule has 0 fully saturated rings. The van der Waals surface area contributed by atoms with Crippen LogP contribution in [-0.4, -0.2) is 30.6 Å². The van der Waals surface area contributed by atoms with E-state index >= 15 is 0 Å². The lowest BCUT2D eigenvalue weighted by molar-refractivity contribution is -0.139. The average molecular weight is 510 g/mol. The summed E-state index contributed by atoms with van der Waals surface area (Å²) in [4.78, 5) is 12.4. The topological polar surface area (TPSA) is 61.6 Å². The highest BCUT2D eigenvalue weighted by Crippen LogP contribution is 2.35. The van der Waals surface area contributed by atoms with Crippen LogP contribution in [0.25, 0.3) is 22.2 Å². The molecular formula is C28H28ClNO4S. The first-order valence-corrected chi connectivity index (χ1v) is 13.0. The Morgan fingerprint density at radius 1 is 1.11 bits per heavy atom. The SMILES string of the molecule is CCCc1c(OCCCSc2ccc(CC(=O)OC)cc2Cl)cccc1-c1noc2ccccc12. The van der Waals surface area contributed by atoms with Crippen LogP contribution in [0.3, 0.4) is 0 Å². The molecule has 0 aliphatic heterocycles.